The summed E-state index contributed by atoms with van der Waals surface area (Å²) < 4.78 is 10.9. The molecule has 3 heteroatoms. The van der Waals surface area contributed by atoms with Gasteiger partial charge in [-0.15, -0.1) is 0 Å². The van der Waals surface area contributed by atoms with Gasteiger partial charge in [0.05, 0.1) is 7.11 Å². The Hall–Kier alpha value is -1.06. The van der Waals surface area contributed by atoms with E-state index in [4.69, 9.17) is 9.47 Å². The van der Waals surface area contributed by atoms with Crippen LogP contribution < -0.4 is 10.1 Å². The molecule has 1 aromatic rings. The molecule has 19 heavy (non-hydrogen) atoms. The Bertz CT molecular complexity index is 388. The highest BCUT2D eigenvalue weighted by Gasteiger charge is 2.22. The molecule has 0 amide bonds. The molecular formula is C16H25NO2. The van der Waals surface area contributed by atoms with Crippen molar-refractivity contribution in [2.45, 2.75) is 38.8 Å². The first-order chi connectivity index (χ1) is 9.22. The van der Waals surface area contributed by atoms with Crippen LogP contribution in [0.1, 0.15) is 38.3 Å². The second-order valence-corrected chi connectivity index (χ2v) is 5.37. The minimum Gasteiger partial charge on any atom is -0.496 e. The van der Waals surface area contributed by atoms with Crippen LogP contribution in [0.2, 0.25) is 0 Å². The van der Waals surface area contributed by atoms with Crippen LogP contribution in [0.3, 0.4) is 0 Å². The second-order valence-electron chi connectivity index (χ2n) is 5.37. The molecule has 3 nitrogen and oxygen atoms in total. The number of para-hydroxylation sites is 1. The van der Waals surface area contributed by atoms with Crippen LogP contribution in [0.4, 0.5) is 0 Å². The van der Waals surface area contributed by atoms with E-state index in [0.29, 0.717) is 18.0 Å². The molecule has 0 spiro atoms. The van der Waals surface area contributed by atoms with Crippen molar-refractivity contribution in [2.75, 3.05) is 20.3 Å². The molecule has 106 valence electrons. The van der Waals surface area contributed by atoms with Crippen LogP contribution >= 0.6 is 0 Å². The van der Waals surface area contributed by atoms with Crippen molar-refractivity contribution in [3.05, 3.63) is 29.8 Å². The van der Waals surface area contributed by atoms with Gasteiger partial charge in [0.1, 0.15) is 5.75 Å². The highest BCUT2D eigenvalue weighted by atomic mass is 16.5. The van der Waals surface area contributed by atoms with Gasteiger partial charge in [-0.1, -0.05) is 18.2 Å². The van der Waals surface area contributed by atoms with Crippen LogP contribution in [-0.4, -0.2) is 26.4 Å². The molecule has 0 saturated carbocycles. The summed E-state index contributed by atoms with van der Waals surface area (Å²) in [6.45, 7) is 6.29. The Morgan fingerprint density at radius 3 is 2.58 bits per heavy atom. The molecule has 1 aromatic carbocycles. The van der Waals surface area contributed by atoms with Gasteiger partial charge < -0.3 is 14.8 Å². The van der Waals surface area contributed by atoms with Gasteiger partial charge in [-0.3, -0.25) is 0 Å². The van der Waals surface area contributed by atoms with Gasteiger partial charge in [-0.25, -0.2) is 0 Å². The molecule has 2 rings (SSSR count). The van der Waals surface area contributed by atoms with E-state index in [0.717, 1.165) is 31.8 Å². The first kappa shape index (κ1) is 14.4. The summed E-state index contributed by atoms with van der Waals surface area (Å²) in [4.78, 5) is 0. The Balaban J connectivity index is 1.97. The van der Waals surface area contributed by atoms with Gasteiger partial charge in [-0.2, -0.15) is 0 Å². The maximum absolute atomic E-state index is 5.43. The Labute approximate surface area is 116 Å². The average molecular weight is 263 g/mol. The monoisotopic (exact) mass is 263 g/mol. The van der Waals surface area contributed by atoms with Crippen molar-refractivity contribution in [2.24, 2.45) is 5.92 Å². The van der Waals surface area contributed by atoms with E-state index in [9.17, 15) is 0 Å². The third-order valence-corrected chi connectivity index (χ3v) is 4.09. The molecular weight excluding hydrogens is 238 g/mol. The predicted molar refractivity (Wildman–Crippen MR) is 77.5 cm³/mol. The lowest BCUT2D eigenvalue weighted by Gasteiger charge is -2.31. The van der Waals surface area contributed by atoms with Crippen molar-refractivity contribution in [3.63, 3.8) is 0 Å². The lowest BCUT2D eigenvalue weighted by molar-refractivity contribution is 0.0546. The highest BCUT2D eigenvalue weighted by molar-refractivity contribution is 5.35. The molecule has 1 N–H and O–H groups in total. The number of benzene rings is 1. The van der Waals surface area contributed by atoms with Crippen LogP contribution in [0.15, 0.2) is 24.3 Å². The van der Waals surface area contributed by atoms with E-state index in [1.165, 1.54) is 5.56 Å². The van der Waals surface area contributed by atoms with Gasteiger partial charge >= 0.3 is 0 Å². The number of rotatable bonds is 5. The third-order valence-electron chi connectivity index (χ3n) is 4.09. The van der Waals surface area contributed by atoms with E-state index in [1.54, 1.807) is 7.11 Å². The first-order valence-electron chi connectivity index (χ1n) is 7.19. The molecule has 0 aromatic heterocycles. The Morgan fingerprint density at radius 2 is 1.89 bits per heavy atom. The summed E-state index contributed by atoms with van der Waals surface area (Å²) in [6.07, 6.45) is 2.32. The van der Waals surface area contributed by atoms with E-state index in [2.05, 4.69) is 31.3 Å². The van der Waals surface area contributed by atoms with E-state index < -0.39 is 0 Å². The molecule has 1 heterocycles. The maximum atomic E-state index is 5.43. The topological polar surface area (TPSA) is 30.5 Å². The van der Waals surface area contributed by atoms with E-state index >= 15 is 0 Å². The Kier molecular flexibility index (Phi) is 5.23. The summed E-state index contributed by atoms with van der Waals surface area (Å²) in [6, 6.07) is 9.03. The van der Waals surface area contributed by atoms with Crippen molar-refractivity contribution >= 4 is 0 Å². The van der Waals surface area contributed by atoms with Gasteiger partial charge in [0.15, 0.2) is 0 Å². The predicted octanol–water partition coefficient (Wildman–Crippen LogP) is 3.16. The minimum atomic E-state index is 0.300. The molecule has 1 saturated heterocycles. The molecule has 1 aliphatic rings. The number of nitrogens with one attached hydrogen (secondary N) is 1. The van der Waals surface area contributed by atoms with Gasteiger partial charge in [0.25, 0.3) is 0 Å². The standard InChI is InChI=1S/C16H25NO2/c1-12(14-8-10-19-11-9-14)17-13(2)15-6-4-5-7-16(15)18-3/h4-7,12-14,17H,8-11H2,1-3H3. The smallest absolute Gasteiger partial charge is 0.123 e. The molecule has 1 aliphatic heterocycles. The van der Waals surface area contributed by atoms with Gasteiger partial charge in [-0.05, 0) is 38.7 Å². The third kappa shape index (κ3) is 3.71. The fourth-order valence-electron chi connectivity index (χ4n) is 2.86. The molecule has 0 bridgehead atoms. The number of hydrogen-bond acceptors (Lipinski definition) is 3. The fraction of sp³-hybridized carbons (Fsp3) is 0.625. The van der Waals surface area contributed by atoms with Crippen LogP contribution in [0.5, 0.6) is 5.75 Å². The lowest BCUT2D eigenvalue weighted by atomic mass is 9.92. The number of ether oxygens (including phenoxy) is 2. The van der Waals surface area contributed by atoms with Crippen molar-refractivity contribution in [3.8, 4) is 5.75 Å². The highest BCUT2D eigenvalue weighted by Crippen LogP contribution is 2.26. The zero-order valence-electron chi connectivity index (χ0n) is 12.2. The summed E-state index contributed by atoms with van der Waals surface area (Å²) in [5.41, 5.74) is 1.23. The molecule has 1 fully saturated rings. The van der Waals surface area contributed by atoms with Crippen LogP contribution in [-0.2, 0) is 4.74 Å². The van der Waals surface area contributed by atoms with Crippen LogP contribution in [0, 0.1) is 5.92 Å². The zero-order chi connectivity index (χ0) is 13.7. The summed E-state index contributed by atoms with van der Waals surface area (Å²) in [7, 11) is 1.73. The number of hydrogen-bond donors (Lipinski definition) is 1. The molecule has 0 radical (unpaired) electrons. The van der Waals surface area contributed by atoms with Crippen molar-refractivity contribution in [1.29, 1.82) is 0 Å². The van der Waals surface area contributed by atoms with Crippen LogP contribution in [0.25, 0.3) is 0 Å². The van der Waals surface area contributed by atoms with Gasteiger partial charge in [0.2, 0.25) is 0 Å². The molecule has 2 unspecified atom stereocenters. The zero-order valence-corrected chi connectivity index (χ0v) is 12.2. The lowest BCUT2D eigenvalue weighted by Crippen LogP contribution is -2.38. The average Bonchev–Trinajstić information content (AvgIpc) is 2.48. The second kappa shape index (κ2) is 6.92. The summed E-state index contributed by atoms with van der Waals surface area (Å²) in [5, 5.41) is 3.70. The van der Waals surface area contributed by atoms with Gasteiger partial charge in [0, 0.05) is 30.9 Å². The maximum Gasteiger partial charge on any atom is 0.123 e. The SMILES string of the molecule is COc1ccccc1C(C)NC(C)C1CCOCC1. The summed E-state index contributed by atoms with van der Waals surface area (Å²) >= 11 is 0. The quantitative estimate of drug-likeness (QED) is 0.885. The molecule has 2 atom stereocenters. The molecule has 0 aliphatic carbocycles. The largest absolute Gasteiger partial charge is 0.496 e. The van der Waals surface area contributed by atoms with Crippen molar-refractivity contribution < 1.29 is 9.47 Å². The summed E-state index contributed by atoms with van der Waals surface area (Å²) in [5.74, 6) is 1.67. The normalized spacial score (nSPS) is 19.9. The minimum absolute atomic E-state index is 0.300. The number of methoxy groups -OCH3 is 1. The first-order valence-corrected chi connectivity index (χ1v) is 7.19. The Morgan fingerprint density at radius 1 is 1.21 bits per heavy atom. The fourth-order valence-corrected chi connectivity index (χ4v) is 2.86. The van der Waals surface area contributed by atoms with E-state index in [1.807, 2.05) is 12.1 Å². The van der Waals surface area contributed by atoms with Crippen molar-refractivity contribution in [1.82, 2.24) is 5.32 Å². The van der Waals surface area contributed by atoms with E-state index in [-0.39, 0.29) is 0 Å².